The molecule has 1 aliphatic rings. The molecule has 1 N–H and O–H groups in total. The summed E-state index contributed by atoms with van der Waals surface area (Å²) in [5, 5.41) is 8.95. The molecule has 0 aromatic carbocycles. The van der Waals surface area contributed by atoms with Crippen LogP contribution in [0.15, 0.2) is 0 Å². The Morgan fingerprint density at radius 3 is 2.63 bits per heavy atom. The molecule has 2 rings (SSSR count). The van der Waals surface area contributed by atoms with Gasteiger partial charge in [0.05, 0.1) is 16.4 Å². The summed E-state index contributed by atoms with van der Waals surface area (Å²) in [6, 6.07) is 0.566. The number of aromatic nitrogens is 2. The standard InChI is InChI=1S/C15H26ClN3/c1-4-13-15(16)14(19(3)18-13)10-17-11(2)12-8-6-5-7-9-12/h11-12,17H,4-10H2,1-3H3/t11-/m1/s1. The van der Waals surface area contributed by atoms with Crippen molar-refractivity contribution in [3.05, 3.63) is 16.4 Å². The number of rotatable bonds is 5. The molecule has 0 radical (unpaired) electrons. The molecule has 1 atom stereocenters. The van der Waals surface area contributed by atoms with Crippen LogP contribution in [0.4, 0.5) is 0 Å². The van der Waals surface area contributed by atoms with E-state index < -0.39 is 0 Å². The van der Waals surface area contributed by atoms with Crippen molar-refractivity contribution in [3.63, 3.8) is 0 Å². The lowest BCUT2D eigenvalue weighted by molar-refractivity contribution is 0.279. The van der Waals surface area contributed by atoms with Gasteiger partial charge in [-0.2, -0.15) is 5.10 Å². The van der Waals surface area contributed by atoms with E-state index in [1.54, 1.807) is 0 Å². The van der Waals surface area contributed by atoms with Gasteiger partial charge < -0.3 is 5.32 Å². The Hall–Kier alpha value is -0.540. The molecule has 1 fully saturated rings. The van der Waals surface area contributed by atoms with Crippen molar-refractivity contribution in [2.45, 2.75) is 65.0 Å². The van der Waals surface area contributed by atoms with Crippen LogP contribution in [-0.4, -0.2) is 15.8 Å². The minimum atomic E-state index is 0.566. The molecule has 0 bridgehead atoms. The van der Waals surface area contributed by atoms with E-state index in [4.69, 9.17) is 11.6 Å². The van der Waals surface area contributed by atoms with E-state index in [0.717, 1.165) is 35.3 Å². The largest absolute Gasteiger partial charge is 0.308 e. The fraction of sp³-hybridized carbons (Fsp3) is 0.800. The maximum atomic E-state index is 6.38. The molecule has 1 aliphatic carbocycles. The lowest BCUT2D eigenvalue weighted by atomic mass is 9.84. The molecule has 1 aromatic rings. The molecule has 108 valence electrons. The first kappa shape index (κ1) is 14.9. The smallest absolute Gasteiger partial charge is 0.0863 e. The molecular formula is C15H26ClN3. The van der Waals surface area contributed by atoms with E-state index >= 15 is 0 Å². The zero-order valence-corrected chi connectivity index (χ0v) is 13.1. The predicted octanol–water partition coefficient (Wildman–Crippen LogP) is 3.69. The number of halogens is 1. The first-order chi connectivity index (χ1) is 9.13. The molecule has 3 nitrogen and oxygen atoms in total. The van der Waals surface area contributed by atoms with E-state index in [0.29, 0.717) is 6.04 Å². The molecule has 0 aliphatic heterocycles. The van der Waals surface area contributed by atoms with Crippen LogP contribution in [0.25, 0.3) is 0 Å². The highest BCUT2D eigenvalue weighted by Gasteiger charge is 2.20. The predicted molar refractivity (Wildman–Crippen MR) is 80.5 cm³/mol. The summed E-state index contributed by atoms with van der Waals surface area (Å²) in [4.78, 5) is 0. The molecule has 1 saturated carbocycles. The van der Waals surface area contributed by atoms with Gasteiger partial charge in [-0.25, -0.2) is 0 Å². The number of aryl methyl sites for hydroxylation is 2. The highest BCUT2D eigenvalue weighted by molar-refractivity contribution is 6.31. The third-order valence-corrected chi connectivity index (χ3v) is 4.89. The summed E-state index contributed by atoms with van der Waals surface area (Å²) >= 11 is 6.38. The highest BCUT2D eigenvalue weighted by Crippen LogP contribution is 2.27. The lowest BCUT2D eigenvalue weighted by Crippen LogP contribution is -2.34. The topological polar surface area (TPSA) is 29.9 Å². The molecule has 1 aromatic heterocycles. The fourth-order valence-electron chi connectivity index (χ4n) is 3.07. The summed E-state index contributed by atoms with van der Waals surface area (Å²) in [5.74, 6) is 0.825. The van der Waals surface area contributed by atoms with Gasteiger partial charge in [0.15, 0.2) is 0 Å². The quantitative estimate of drug-likeness (QED) is 0.893. The minimum Gasteiger partial charge on any atom is -0.308 e. The van der Waals surface area contributed by atoms with Gasteiger partial charge in [0.25, 0.3) is 0 Å². The van der Waals surface area contributed by atoms with Crippen LogP contribution in [0.2, 0.25) is 5.02 Å². The molecule has 0 amide bonds. The van der Waals surface area contributed by atoms with Crippen molar-refractivity contribution >= 4 is 11.6 Å². The van der Waals surface area contributed by atoms with Crippen LogP contribution >= 0.6 is 11.6 Å². The van der Waals surface area contributed by atoms with Crippen LogP contribution < -0.4 is 5.32 Å². The third kappa shape index (κ3) is 3.51. The second kappa shape index (κ2) is 6.76. The maximum Gasteiger partial charge on any atom is 0.0863 e. The number of hydrogen-bond donors (Lipinski definition) is 1. The highest BCUT2D eigenvalue weighted by atomic mass is 35.5. The first-order valence-corrected chi connectivity index (χ1v) is 7.94. The Balaban J connectivity index is 1.92. The lowest BCUT2D eigenvalue weighted by Gasteiger charge is -2.28. The summed E-state index contributed by atoms with van der Waals surface area (Å²) in [7, 11) is 1.98. The average Bonchev–Trinajstić information content (AvgIpc) is 2.72. The average molecular weight is 284 g/mol. The van der Waals surface area contributed by atoms with E-state index in [9.17, 15) is 0 Å². The van der Waals surface area contributed by atoms with Gasteiger partial charge in [0.1, 0.15) is 0 Å². The Morgan fingerprint density at radius 2 is 2.05 bits per heavy atom. The van der Waals surface area contributed by atoms with Crippen LogP contribution in [0.5, 0.6) is 0 Å². The fourth-order valence-corrected chi connectivity index (χ4v) is 3.43. The van der Waals surface area contributed by atoms with Crippen molar-refractivity contribution in [3.8, 4) is 0 Å². The first-order valence-electron chi connectivity index (χ1n) is 7.57. The van der Waals surface area contributed by atoms with Gasteiger partial charge in [-0.15, -0.1) is 0 Å². The van der Waals surface area contributed by atoms with Gasteiger partial charge in [-0.3, -0.25) is 4.68 Å². The number of hydrogen-bond acceptors (Lipinski definition) is 2. The Labute approximate surface area is 121 Å². The summed E-state index contributed by atoms with van der Waals surface area (Å²) in [6.07, 6.45) is 7.83. The second-order valence-electron chi connectivity index (χ2n) is 5.75. The van der Waals surface area contributed by atoms with Gasteiger partial charge in [0.2, 0.25) is 0 Å². The van der Waals surface area contributed by atoms with Crippen LogP contribution in [0.1, 0.15) is 57.3 Å². The Morgan fingerprint density at radius 1 is 1.37 bits per heavy atom. The van der Waals surface area contributed by atoms with Crippen molar-refractivity contribution in [2.24, 2.45) is 13.0 Å². The zero-order valence-electron chi connectivity index (χ0n) is 12.4. The minimum absolute atomic E-state index is 0.566. The zero-order chi connectivity index (χ0) is 13.8. The van der Waals surface area contributed by atoms with Gasteiger partial charge >= 0.3 is 0 Å². The molecule has 0 saturated heterocycles. The molecule has 0 spiro atoms. The SMILES string of the molecule is CCc1nn(C)c(CN[C@H](C)C2CCCCC2)c1Cl. The third-order valence-electron chi connectivity index (χ3n) is 4.45. The Bertz CT molecular complexity index is 408. The summed E-state index contributed by atoms with van der Waals surface area (Å²) in [6.45, 7) is 5.22. The Kier molecular flexibility index (Phi) is 5.28. The second-order valence-corrected chi connectivity index (χ2v) is 6.13. The molecule has 19 heavy (non-hydrogen) atoms. The van der Waals surface area contributed by atoms with Crippen LogP contribution in [-0.2, 0) is 20.0 Å². The van der Waals surface area contributed by atoms with Gasteiger partial charge in [-0.05, 0) is 32.1 Å². The van der Waals surface area contributed by atoms with E-state index in [-0.39, 0.29) is 0 Å². The molecular weight excluding hydrogens is 258 g/mol. The van der Waals surface area contributed by atoms with Crippen molar-refractivity contribution in [1.82, 2.24) is 15.1 Å². The van der Waals surface area contributed by atoms with Crippen molar-refractivity contribution < 1.29 is 0 Å². The van der Waals surface area contributed by atoms with Crippen molar-refractivity contribution in [2.75, 3.05) is 0 Å². The van der Waals surface area contributed by atoms with Crippen LogP contribution in [0.3, 0.4) is 0 Å². The summed E-state index contributed by atoms with van der Waals surface area (Å²) < 4.78 is 1.92. The van der Waals surface area contributed by atoms with Gasteiger partial charge in [0, 0.05) is 19.6 Å². The van der Waals surface area contributed by atoms with E-state index in [1.165, 1.54) is 32.1 Å². The normalized spacial score (nSPS) is 18.7. The number of nitrogens with one attached hydrogen (secondary N) is 1. The van der Waals surface area contributed by atoms with Crippen LogP contribution in [0, 0.1) is 5.92 Å². The maximum absolute atomic E-state index is 6.38. The van der Waals surface area contributed by atoms with E-state index in [1.807, 2.05) is 11.7 Å². The summed E-state index contributed by atoms with van der Waals surface area (Å²) in [5.41, 5.74) is 2.12. The monoisotopic (exact) mass is 283 g/mol. The van der Waals surface area contributed by atoms with Gasteiger partial charge in [-0.1, -0.05) is 37.8 Å². The van der Waals surface area contributed by atoms with Crippen molar-refractivity contribution in [1.29, 1.82) is 0 Å². The molecule has 4 heteroatoms. The number of nitrogens with zero attached hydrogens (tertiary/aromatic N) is 2. The van der Waals surface area contributed by atoms with E-state index in [2.05, 4.69) is 24.3 Å². The molecule has 0 unspecified atom stereocenters. The molecule has 1 heterocycles.